The van der Waals surface area contributed by atoms with Gasteiger partial charge in [-0.25, -0.2) is 0 Å². The molecule has 0 saturated heterocycles. The summed E-state index contributed by atoms with van der Waals surface area (Å²) in [4.78, 5) is 0. The number of aromatic nitrogens is 2. The zero-order chi connectivity index (χ0) is 15.6. The Hall–Kier alpha value is -1.52. The fourth-order valence-electron chi connectivity index (χ4n) is 2.54. The SMILES string of the molecule is COc1ccc(Cl)cc1Cn1nc(C)c(CC(C)N)c1C. The molecule has 0 bridgehead atoms. The summed E-state index contributed by atoms with van der Waals surface area (Å²) in [7, 11) is 1.66. The van der Waals surface area contributed by atoms with Gasteiger partial charge in [-0.15, -0.1) is 0 Å². The highest BCUT2D eigenvalue weighted by atomic mass is 35.5. The number of hydrogen-bond acceptors (Lipinski definition) is 3. The molecule has 1 heterocycles. The molecule has 0 radical (unpaired) electrons. The number of methoxy groups -OCH3 is 1. The van der Waals surface area contributed by atoms with Gasteiger partial charge in [0.15, 0.2) is 0 Å². The number of aryl methyl sites for hydroxylation is 1. The minimum atomic E-state index is 0.126. The molecule has 114 valence electrons. The average molecular weight is 308 g/mol. The Bertz CT molecular complexity index is 635. The van der Waals surface area contributed by atoms with E-state index in [4.69, 9.17) is 22.1 Å². The molecule has 1 unspecified atom stereocenters. The van der Waals surface area contributed by atoms with Crippen molar-refractivity contribution in [3.05, 3.63) is 45.7 Å². The summed E-state index contributed by atoms with van der Waals surface area (Å²) >= 11 is 6.08. The number of nitrogens with zero attached hydrogens (tertiary/aromatic N) is 2. The number of nitrogens with two attached hydrogens (primary N) is 1. The highest BCUT2D eigenvalue weighted by Crippen LogP contribution is 2.25. The van der Waals surface area contributed by atoms with Gasteiger partial charge in [0.05, 0.1) is 19.3 Å². The first-order valence-corrected chi connectivity index (χ1v) is 7.41. The maximum Gasteiger partial charge on any atom is 0.124 e. The van der Waals surface area contributed by atoms with Gasteiger partial charge in [0.2, 0.25) is 0 Å². The summed E-state index contributed by atoms with van der Waals surface area (Å²) in [6.45, 7) is 6.75. The Morgan fingerprint density at radius 1 is 1.38 bits per heavy atom. The number of benzene rings is 1. The first-order valence-electron chi connectivity index (χ1n) is 7.03. The molecule has 2 aromatic rings. The van der Waals surface area contributed by atoms with E-state index >= 15 is 0 Å². The normalized spacial score (nSPS) is 12.5. The molecule has 2 N–H and O–H groups in total. The molecule has 4 nitrogen and oxygen atoms in total. The third-order valence-electron chi connectivity index (χ3n) is 3.62. The van der Waals surface area contributed by atoms with Gasteiger partial charge in [0, 0.05) is 22.3 Å². The molecule has 0 saturated carbocycles. The maximum absolute atomic E-state index is 6.08. The van der Waals surface area contributed by atoms with Gasteiger partial charge in [-0.1, -0.05) is 11.6 Å². The highest BCUT2D eigenvalue weighted by Gasteiger charge is 2.14. The zero-order valence-electron chi connectivity index (χ0n) is 13.0. The summed E-state index contributed by atoms with van der Waals surface area (Å²) in [6.07, 6.45) is 0.838. The Labute approximate surface area is 130 Å². The lowest BCUT2D eigenvalue weighted by atomic mass is 10.1. The molecule has 0 amide bonds. The molecule has 5 heteroatoms. The fraction of sp³-hybridized carbons (Fsp3) is 0.438. The quantitative estimate of drug-likeness (QED) is 0.923. The molecule has 0 aliphatic rings. The minimum Gasteiger partial charge on any atom is -0.496 e. The van der Waals surface area contributed by atoms with E-state index in [-0.39, 0.29) is 6.04 Å². The van der Waals surface area contributed by atoms with Gasteiger partial charge in [-0.2, -0.15) is 5.10 Å². The predicted octanol–water partition coefficient (Wildman–Crippen LogP) is 3.10. The highest BCUT2D eigenvalue weighted by molar-refractivity contribution is 6.30. The van der Waals surface area contributed by atoms with Crippen LogP contribution in [-0.2, 0) is 13.0 Å². The molecular weight excluding hydrogens is 286 g/mol. The number of hydrogen-bond donors (Lipinski definition) is 1. The van der Waals surface area contributed by atoms with Crippen molar-refractivity contribution >= 4 is 11.6 Å². The lowest BCUT2D eigenvalue weighted by Gasteiger charge is -2.11. The molecule has 0 aliphatic carbocycles. The van der Waals surface area contributed by atoms with Crippen LogP contribution in [0.1, 0.15) is 29.4 Å². The largest absolute Gasteiger partial charge is 0.496 e. The Morgan fingerprint density at radius 2 is 2.10 bits per heavy atom. The Kier molecular flexibility index (Phi) is 4.91. The van der Waals surface area contributed by atoms with Crippen LogP contribution in [-0.4, -0.2) is 22.9 Å². The van der Waals surface area contributed by atoms with Crippen LogP contribution in [0.2, 0.25) is 5.02 Å². The zero-order valence-corrected chi connectivity index (χ0v) is 13.7. The second kappa shape index (κ2) is 6.50. The standard InChI is InChI=1S/C16H22ClN3O/c1-10(18)7-15-11(2)19-20(12(15)3)9-13-8-14(17)5-6-16(13)21-4/h5-6,8,10H,7,9,18H2,1-4H3. The topological polar surface area (TPSA) is 53.1 Å². The predicted molar refractivity (Wildman–Crippen MR) is 86.2 cm³/mol. The smallest absolute Gasteiger partial charge is 0.124 e. The maximum atomic E-state index is 6.08. The van der Waals surface area contributed by atoms with Crippen molar-refractivity contribution in [2.45, 2.75) is 39.8 Å². The van der Waals surface area contributed by atoms with Gasteiger partial charge in [0.1, 0.15) is 5.75 Å². The summed E-state index contributed by atoms with van der Waals surface area (Å²) in [5.41, 5.74) is 10.3. The van der Waals surface area contributed by atoms with Crippen LogP contribution in [0.3, 0.4) is 0 Å². The van der Waals surface area contributed by atoms with Crippen LogP contribution in [0.15, 0.2) is 18.2 Å². The van der Waals surface area contributed by atoms with E-state index in [0.717, 1.165) is 29.1 Å². The molecule has 0 spiro atoms. The molecular formula is C16H22ClN3O. The van der Waals surface area contributed by atoms with Gasteiger partial charge < -0.3 is 10.5 Å². The Balaban J connectivity index is 2.34. The van der Waals surface area contributed by atoms with Crippen LogP contribution < -0.4 is 10.5 Å². The molecule has 21 heavy (non-hydrogen) atoms. The Morgan fingerprint density at radius 3 is 2.71 bits per heavy atom. The molecule has 2 rings (SSSR count). The van der Waals surface area contributed by atoms with Crippen molar-refractivity contribution in [1.82, 2.24) is 9.78 Å². The lowest BCUT2D eigenvalue weighted by molar-refractivity contribution is 0.407. The summed E-state index contributed by atoms with van der Waals surface area (Å²) in [5, 5.41) is 5.32. The van der Waals surface area contributed by atoms with Crippen LogP contribution in [0.4, 0.5) is 0 Å². The molecule has 1 aromatic heterocycles. The van der Waals surface area contributed by atoms with Crippen molar-refractivity contribution in [2.75, 3.05) is 7.11 Å². The third kappa shape index (κ3) is 3.57. The van der Waals surface area contributed by atoms with Crippen LogP contribution >= 0.6 is 11.6 Å². The van der Waals surface area contributed by atoms with Crippen molar-refractivity contribution in [2.24, 2.45) is 5.73 Å². The number of halogens is 1. The number of rotatable bonds is 5. The van der Waals surface area contributed by atoms with Gasteiger partial charge in [-0.05, 0) is 51.0 Å². The molecule has 1 atom stereocenters. The van der Waals surface area contributed by atoms with E-state index in [1.807, 2.05) is 36.7 Å². The number of ether oxygens (including phenoxy) is 1. The summed E-state index contributed by atoms with van der Waals surface area (Å²) in [5.74, 6) is 0.820. The second-order valence-electron chi connectivity index (χ2n) is 5.44. The van der Waals surface area contributed by atoms with Gasteiger partial charge in [0.25, 0.3) is 0 Å². The summed E-state index contributed by atoms with van der Waals surface area (Å²) < 4.78 is 7.38. The molecule has 1 aromatic carbocycles. The second-order valence-corrected chi connectivity index (χ2v) is 5.88. The van der Waals surface area contributed by atoms with E-state index < -0.39 is 0 Å². The molecule has 0 fully saturated rings. The monoisotopic (exact) mass is 307 g/mol. The van der Waals surface area contributed by atoms with E-state index in [1.54, 1.807) is 7.11 Å². The average Bonchev–Trinajstić information content (AvgIpc) is 2.66. The van der Waals surface area contributed by atoms with E-state index in [0.29, 0.717) is 11.6 Å². The van der Waals surface area contributed by atoms with Crippen LogP contribution in [0.25, 0.3) is 0 Å². The van der Waals surface area contributed by atoms with Crippen molar-refractivity contribution in [3.8, 4) is 5.75 Å². The first kappa shape index (κ1) is 15.9. The van der Waals surface area contributed by atoms with Crippen LogP contribution in [0.5, 0.6) is 5.75 Å². The van der Waals surface area contributed by atoms with Crippen LogP contribution in [0, 0.1) is 13.8 Å². The van der Waals surface area contributed by atoms with Crippen molar-refractivity contribution in [3.63, 3.8) is 0 Å². The minimum absolute atomic E-state index is 0.126. The van der Waals surface area contributed by atoms with E-state index in [2.05, 4.69) is 12.0 Å². The summed E-state index contributed by atoms with van der Waals surface area (Å²) in [6, 6.07) is 5.75. The van der Waals surface area contributed by atoms with Gasteiger partial charge >= 0.3 is 0 Å². The van der Waals surface area contributed by atoms with E-state index in [1.165, 1.54) is 5.56 Å². The first-order chi connectivity index (χ1) is 9.92. The molecule has 0 aliphatic heterocycles. The fourth-order valence-corrected chi connectivity index (χ4v) is 2.73. The van der Waals surface area contributed by atoms with E-state index in [9.17, 15) is 0 Å². The lowest BCUT2D eigenvalue weighted by Crippen LogP contribution is -2.18. The van der Waals surface area contributed by atoms with Gasteiger partial charge in [-0.3, -0.25) is 4.68 Å². The van der Waals surface area contributed by atoms with Crippen molar-refractivity contribution in [1.29, 1.82) is 0 Å². The third-order valence-corrected chi connectivity index (χ3v) is 3.86. The van der Waals surface area contributed by atoms with Crippen molar-refractivity contribution < 1.29 is 4.74 Å².